The Morgan fingerprint density at radius 2 is 1.30 bits per heavy atom. The fourth-order valence-corrected chi connectivity index (χ4v) is 7.95. The highest BCUT2D eigenvalue weighted by Gasteiger charge is 2.45. The summed E-state index contributed by atoms with van der Waals surface area (Å²) in [6.07, 6.45) is 10.2. The zero-order valence-corrected chi connectivity index (χ0v) is 29.0. The summed E-state index contributed by atoms with van der Waals surface area (Å²) < 4.78 is 34.8. The van der Waals surface area contributed by atoms with Gasteiger partial charge in [-0.2, -0.15) is 4.31 Å². The number of hydrogen-bond donors (Lipinski definition) is 0. The monoisotopic (exact) mass is 668 g/mol. The third-order valence-corrected chi connectivity index (χ3v) is 10.6. The molecule has 0 saturated carbocycles. The maximum atomic E-state index is 13.9. The molecule has 0 bridgehead atoms. The van der Waals surface area contributed by atoms with Crippen LogP contribution in [0.15, 0.2) is 17.0 Å². The minimum Gasteiger partial charge on any atom is -0.430 e. The molecular formula is C32H46Cl2N4O5S. The third-order valence-electron chi connectivity index (χ3n) is 7.93. The Kier molecular flexibility index (Phi) is 13.9. The number of aryl methyl sites for hydroxylation is 3. The molecule has 244 valence electrons. The number of carbonyl (C=O) groups is 2. The van der Waals surface area contributed by atoms with Gasteiger partial charge in [0.05, 0.1) is 15.7 Å². The van der Waals surface area contributed by atoms with Gasteiger partial charge in [0.15, 0.2) is 0 Å². The number of aromatic nitrogens is 2. The number of nitrogens with zero attached hydrogens (tertiary/aromatic N) is 4. The van der Waals surface area contributed by atoms with Crippen LogP contribution in [0.4, 0.5) is 10.5 Å². The van der Waals surface area contributed by atoms with E-state index in [2.05, 4.69) is 23.8 Å². The molecule has 0 N–H and O–H groups in total. The van der Waals surface area contributed by atoms with Gasteiger partial charge in [-0.05, 0) is 45.7 Å². The number of unbranched alkanes of at least 4 members (excludes halogenated alkanes) is 10. The molecular weight excluding hydrogens is 623 g/mol. The summed E-state index contributed by atoms with van der Waals surface area (Å²) in [5, 5.41) is -0.234. The Labute approximate surface area is 272 Å². The van der Waals surface area contributed by atoms with E-state index in [1.54, 1.807) is 20.8 Å². The Hall–Kier alpha value is -2.27. The van der Waals surface area contributed by atoms with Crippen LogP contribution < -0.4 is 4.90 Å². The van der Waals surface area contributed by atoms with Gasteiger partial charge in [0, 0.05) is 30.0 Å². The molecule has 1 aromatic carbocycles. The molecule has 0 spiro atoms. The molecule has 2 aromatic rings. The molecule has 1 saturated heterocycles. The molecule has 0 radical (unpaired) electrons. The van der Waals surface area contributed by atoms with Gasteiger partial charge in [0.2, 0.25) is 16.1 Å². The Morgan fingerprint density at radius 3 is 1.82 bits per heavy atom. The van der Waals surface area contributed by atoms with Crippen LogP contribution >= 0.6 is 23.2 Å². The highest BCUT2D eigenvalue weighted by Crippen LogP contribution is 2.40. The predicted octanol–water partition coefficient (Wildman–Crippen LogP) is 8.64. The van der Waals surface area contributed by atoms with Crippen molar-refractivity contribution in [3.63, 3.8) is 0 Å². The second-order valence-corrected chi connectivity index (χ2v) is 14.2. The molecule has 1 unspecified atom stereocenters. The fourth-order valence-electron chi connectivity index (χ4n) is 5.60. The fraction of sp³-hybridized carbons (Fsp3) is 0.625. The molecule has 2 amide bonds. The summed E-state index contributed by atoms with van der Waals surface area (Å²) in [5.41, 5.74) is 1.39. The van der Waals surface area contributed by atoms with Crippen molar-refractivity contribution in [1.29, 1.82) is 0 Å². The zero-order chi connectivity index (χ0) is 32.4. The molecule has 1 aliphatic rings. The lowest BCUT2D eigenvalue weighted by Crippen LogP contribution is -2.34. The van der Waals surface area contributed by atoms with E-state index < -0.39 is 28.1 Å². The third kappa shape index (κ3) is 8.92. The van der Waals surface area contributed by atoms with Crippen LogP contribution in [0, 0.1) is 20.8 Å². The van der Waals surface area contributed by atoms with Crippen LogP contribution in [-0.4, -0.2) is 47.8 Å². The van der Waals surface area contributed by atoms with Crippen molar-refractivity contribution < 1.29 is 22.7 Å². The second-order valence-electron chi connectivity index (χ2n) is 11.5. The van der Waals surface area contributed by atoms with E-state index in [0.29, 0.717) is 35.9 Å². The number of cyclic esters (lactones) is 1. The molecule has 1 fully saturated rings. The first-order chi connectivity index (χ1) is 20.9. The summed E-state index contributed by atoms with van der Waals surface area (Å²) in [4.78, 5) is 35.7. The number of sulfonamides is 1. The molecule has 2 heterocycles. The number of anilines is 1. The van der Waals surface area contributed by atoms with Crippen molar-refractivity contribution in [3.8, 4) is 0 Å². The van der Waals surface area contributed by atoms with Crippen molar-refractivity contribution in [2.24, 2.45) is 0 Å². The number of rotatable bonds is 18. The van der Waals surface area contributed by atoms with Crippen molar-refractivity contribution in [2.75, 3.05) is 18.0 Å². The van der Waals surface area contributed by atoms with Crippen LogP contribution in [0.5, 0.6) is 0 Å². The number of imide groups is 1. The maximum Gasteiger partial charge on any atom is 0.422 e. The van der Waals surface area contributed by atoms with E-state index in [0.717, 1.165) is 69.1 Å². The molecule has 12 heteroatoms. The normalized spacial score (nSPS) is 15.5. The minimum atomic E-state index is -4.00. The predicted molar refractivity (Wildman–Crippen MR) is 175 cm³/mol. The van der Waals surface area contributed by atoms with Crippen molar-refractivity contribution in [1.82, 2.24) is 14.3 Å². The number of hydrogen-bond acceptors (Lipinski definition) is 7. The second kappa shape index (κ2) is 16.9. The SMILES string of the molecule is CCCCCCCCN(CCCCCCCC)S(=O)(=O)c1cc(Cl)c(N2C(=O)OC(c3c(C)nc(C)nc3C)C2=O)cc1Cl. The number of amides is 2. The molecule has 0 aliphatic carbocycles. The molecule has 44 heavy (non-hydrogen) atoms. The quantitative estimate of drug-likeness (QED) is 0.146. The van der Waals surface area contributed by atoms with E-state index in [1.807, 2.05) is 0 Å². The first-order valence-electron chi connectivity index (χ1n) is 15.8. The van der Waals surface area contributed by atoms with Gasteiger partial charge in [-0.25, -0.2) is 28.1 Å². The average molecular weight is 670 g/mol. The number of benzene rings is 1. The average Bonchev–Trinajstić information content (AvgIpc) is 3.24. The summed E-state index contributed by atoms with van der Waals surface area (Å²) in [6.45, 7) is 10.3. The summed E-state index contributed by atoms with van der Waals surface area (Å²) in [7, 11) is -4.00. The Balaban J connectivity index is 1.85. The van der Waals surface area contributed by atoms with Crippen molar-refractivity contribution in [2.45, 2.75) is 123 Å². The lowest BCUT2D eigenvalue weighted by atomic mass is 10.1. The smallest absolute Gasteiger partial charge is 0.422 e. The number of carbonyl (C=O) groups excluding carboxylic acids is 2. The largest absolute Gasteiger partial charge is 0.430 e. The van der Waals surface area contributed by atoms with Gasteiger partial charge in [0.1, 0.15) is 10.7 Å². The number of ether oxygens (including phenoxy) is 1. The van der Waals surface area contributed by atoms with E-state index in [9.17, 15) is 18.0 Å². The van der Waals surface area contributed by atoms with Crippen molar-refractivity contribution in [3.05, 3.63) is 45.0 Å². The summed E-state index contributed by atoms with van der Waals surface area (Å²) in [5.74, 6) is -0.152. The van der Waals surface area contributed by atoms with Crippen LogP contribution in [0.1, 0.15) is 120 Å². The number of halogens is 2. The van der Waals surface area contributed by atoms with Crippen LogP contribution in [0.3, 0.4) is 0 Å². The summed E-state index contributed by atoms with van der Waals surface area (Å²) in [6, 6.07) is 2.47. The maximum absolute atomic E-state index is 13.9. The van der Waals surface area contributed by atoms with E-state index in [-0.39, 0.29) is 20.6 Å². The van der Waals surface area contributed by atoms with Crippen molar-refractivity contribution >= 4 is 50.9 Å². The highest BCUT2D eigenvalue weighted by molar-refractivity contribution is 7.89. The molecule has 1 atom stereocenters. The first-order valence-corrected chi connectivity index (χ1v) is 18.0. The van der Waals surface area contributed by atoms with E-state index >= 15 is 0 Å². The van der Waals surface area contributed by atoms with Crippen LogP contribution in [0.25, 0.3) is 0 Å². The molecule has 3 rings (SSSR count). The van der Waals surface area contributed by atoms with Gasteiger partial charge < -0.3 is 4.74 Å². The lowest BCUT2D eigenvalue weighted by Gasteiger charge is -2.24. The van der Waals surface area contributed by atoms with E-state index in [4.69, 9.17) is 27.9 Å². The first kappa shape index (κ1) is 36.2. The molecule has 9 nitrogen and oxygen atoms in total. The van der Waals surface area contributed by atoms with Gasteiger partial charge >= 0.3 is 6.09 Å². The van der Waals surface area contributed by atoms with Crippen LogP contribution in [0.2, 0.25) is 10.0 Å². The van der Waals surface area contributed by atoms with Gasteiger partial charge in [-0.3, -0.25) is 4.79 Å². The Bertz CT molecular complexity index is 1380. The van der Waals surface area contributed by atoms with Gasteiger partial charge in [-0.15, -0.1) is 0 Å². The topological polar surface area (TPSA) is 110 Å². The van der Waals surface area contributed by atoms with Gasteiger partial charge in [0.25, 0.3) is 5.91 Å². The van der Waals surface area contributed by atoms with E-state index in [1.165, 1.54) is 29.3 Å². The minimum absolute atomic E-state index is 0.0464. The highest BCUT2D eigenvalue weighted by atomic mass is 35.5. The molecule has 1 aliphatic heterocycles. The lowest BCUT2D eigenvalue weighted by molar-refractivity contribution is -0.122. The van der Waals surface area contributed by atoms with Crippen LogP contribution in [-0.2, 0) is 19.6 Å². The van der Waals surface area contributed by atoms with Gasteiger partial charge in [-0.1, -0.05) is 101 Å². The standard InChI is InChI=1S/C32H46Cl2N4O5S/c1-6-8-10-12-14-16-18-37(19-17-15-13-11-9-7-2)44(41,42)28-21-25(33)27(20-26(28)34)38-31(39)30(43-32(38)40)29-22(3)35-24(5)36-23(29)4/h20-21,30H,6-19H2,1-5H3. The zero-order valence-electron chi connectivity index (χ0n) is 26.6. The Morgan fingerprint density at radius 1 is 0.795 bits per heavy atom. The molecule has 1 aromatic heterocycles. The summed E-state index contributed by atoms with van der Waals surface area (Å²) >= 11 is 13.2.